The number of sulfone groups is 1. The van der Waals surface area contributed by atoms with Crippen LogP contribution in [0.5, 0.6) is 0 Å². The summed E-state index contributed by atoms with van der Waals surface area (Å²) < 4.78 is 38.6. The quantitative estimate of drug-likeness (QED) is 0.324. The Morgan fingerprint density at radius 1 is 1.13 bits per heavy atom. The molecule has 0 radical (unpaired) electrons. The fourth-order valence-electron chi connectivity index (χ4n) is 4.19. The number of carbonyl (C=O) groups is 1. The molecule has 0 aliphatic carbocycles. The van der Waals surface area contributed by atoms with Crippen molar-refractivity contribution in [3.63, 3.8) is 0 Å². The van der Waals surface area contributed by atoms with Crippen molar-refractivity contribution in [2.75, 3.05) is 43.0 Å². The van der Waals surface area contributed by atoms with E-state index in [1.165, 1.54) is 18.3 Å². The molecule has 5 rings (SSSR count). The SMILES string of the molecule is Cc1nc(-c2nc(Nc3ccncc3C(=O)NCCCN3CCS(=O)(=O)CC3)c3cccn3n2)ccc1F. The summed E-state index contributed by atoms with van der Waals surface area (Å²) in [5, 5.41) is 10.6. The lowest BCUT2D eigenvalue weighted by Gasteiger charge is -2.26. The third-order valence-corrected chi connectivity index (χ3v) is 7.94. The normalized spacial score (nSPS) is 15.4. The van der Waals surface area contributed by atoms with Gasteiger partial charge in [0.15, 0.2) is 15.7 Å². The van der Waals surface area contributed by atoms with E-state index in [1.54, 1.807) is 29.9 Å². The van der Waals surface area contributed by atoms with Gasteiger partial charge in [-0.05, 0) is 50.2 Å². The molecule has 0 atom stereocenters. The van der Waals surface area contributed by atoms with Crippen LogP contribution in [-0.2, 0) is 9.84 Å². The number of nitrogens with zero attached hydrogens (tertiary/aromatic N) is 6. The van der Waals surface area contributed by atoms with Crippen LogP contribution in [0.2, 0.25) is 0 Å². The minimum Gasteiger partial charge on any atom is -0.352 e. The van der Waals surface area contributed by atoms with E-state index in [2.05, 4.69) is 35.6 Å². The van der Waals surface area contributed by atoms with E-state index < -0.39 is 15.7 Å². The monoisotopic (exact) mass is 538 g/mol. The highest BCUT2D eigenvalue weighted by atomic mass is 32.2. The van der Waals surface area contributed by atoms with Crippen LogP contribution < -0.4 is 10.6 Å². The Balaban J connectivity index is 1.30. The van der Waals surface area contributed by atoms with Crippen molar-refractivity contribution in [2.24, 2.45) is 0 Å². The number of fused-ring (bicyclic) bond motifs is 1. The summed E-state index contributed by atoms with van der Waals surface area (Å²) in [4.78, 5) is 28.1. The summed E-state index contributed by atoms with van der Waals surface area (Å²) in [6.45, 7) is 3.77. The molecule has 11 nitrogen and oxygen atoms in total. The maximum atomic E-state index is 13.7. The van der Waals surface area contributed by atoms with Crippen molar-refractivity contribution in [3.8, 4) is 11.5 Å². The highest BCUT2D eigenvalue weighted by Gasteiger charge is 2.21. The minimum absolute atomic E-state index is 0.181. The number of amides is 1. The molecule has 0 unspecified atom stereocenters. The van der Waals surface area contributed by atoms with Crippen LogP contribution in [0.1, 0.15) is 22.5 Å². The third kappa shape index (κ3) is 5.78. The average molecular weight is 539 g/mol. The second-order valence-corrected chi connectivity index (χ2v) is 11.3. The van der Waals surface area contributed by atoms with E-state index in [9.17, 15) is 17.6 Å². The molecule has 0 saturated carbocycles. The van der Waals surface area contributed by atoms with Crippen molar-refractivity contribution in [3.05, 3.63) is 66.0 Å². The number of hydrogen-bond donors (Lipinski definition) is 2. The maximum Gasteiger partial charge on any atom is 0.254 e. The summed E-state index contributed by atoms with van der Waals surface area (Å²) in [7, 11) is -2.91. The molecule has 2 N–H and O–H groups in total. The summed E-state index contributed by atoms with van der Waals surface area (Å²) in [6, 6.07) is 8.18. The molecule has 4 aromatic rings. The van der Waals surface area contributed by atoms with Crippen molar-refractivity contribution >= 4 is 32.8 Å². The Hall–Kier alpha value is -3.97. The Kier molecular flexibility index (Phi) is 7.29. The second-order valence-electron chi connectivity index (χ2n) is 9.03. The van der Waals surface area contributed by atoms with Gasteiger partial charge in [-0.15, -0.1) is 5.10 Å². The second kappa shape index (κ2) is 10.8. The van der Waals surface area contributed by atoms with E-state index in [4.69, 9.17) is 0 Å². The Morgan fingerprint density at radius 2 is 1.95 bits per heavy atom. The lowest BCUT2D eigenvalue weighted by molar-refractivity contribution is 0.0952. The van der Waals surface area contributed by atoms with Crippen LogP contribution in [0.15, 0.2) is 48.9 Å². The smallest absolute Gasteiger partial charge is 0.254 e. The van der Waals surface area contributed by atoms with Crippen molar-refractivity contribution in [1.82, 2.24) is 34.8 Å². The van der Waals surface area contributed by atoms with Gasteiger partial charge in [0, 0.05) is 38.2 Å². The first-order valence-electron chi connectivity index (χ1n) is 12.2. The standard InChI is InChI=1S/C25H27FN8O3S/c1-17-19(26)5-6-21(29-17)23-31-24(22-4-2-11-34(22)32-23)30-20-7-9-27-16-18(20)25(35)28-8-3-10-33-12-14-38(36,37)15-13-33/h2,4-7,9,11,16H,3,8,10,12-15H2,1H3,(H,28,35)(H,27,30,31,32). The predicted molar refractivity (Wildman–Crippen MR) is 140 cm³/mol. The van der Waals surface area contributed by atoms with Gasteiger partial charge in [-0.3, -0.25) is 9.78 Å². The fourth-order valence-corrected chi connectivity index (χ4v) is 5.47. The van der Waals surface area contributed by atoms with Gasteiger partial charge in [0.1, 0.15) is 17.0 Å². The number of carbonyl (C=O) groups excluding carboxylic acids is 1. The van der Waals surface area contributed by atoms with E-state index in [-0.39, 0.29) is 23.1 Å². The number of anilines is 2. The van der Waals surface area contributed by atoms with Gasteiger partial charge in [0.05, 0.1) is 28.5 Å². The first kappa shape index (κ1) is 25.7. The molecular weight excluding hydrogens is 511 g/mol. The predicted octanol–water partition coefficient (Wildman–Crippen LogP) is 2.23. The maximum absolute atomic E-state index is 13.7. The topological polar surface area (TPSA) is 134 Å². The highest BCUT2D eigenvalue weighted by Crippen LogP contribution is 2.25. The molecule has 0 spiro atoms. The highest BCUT2D eigenvalue weighted by molar-refractivity contribution is 7.91. The molecular formula is C25H27FN8O3S. The van der Waals surface area contributed by atoms with Crippen LogP contribution in [-0.4, -0.2) is 81.5 Å². The summed E-state index contributed by atoms with van der Waals surface area (Å²) in [5.74, 6) is 0.402. The van der Waals surface area contributed by atoms with Gasteiger partial charge in [0.25, 0.3) is 5.91 Å². The summed E-state index contributed by atoms with van der Waals surface area (Å²) >= 11 is 0. The van der Waals surface area contributed by atoms with Crippen LogP contribution >= 0.6 is 0 Å². The van der Waals surface area contributed by atoms with Crippen LogP contribution in [0.25, 0.3) is 17.0 Å². The third-order valence-electron chi connectivity index (χ3n) is 6.33. The van der Waals surface area contributed by atoms with E-state index in [0.29, 0.717) is 66.7 Å². The molecule has 1 aliphatic rings. The van der Waals surface area contributed by atoms with Crippen LogP contribution in [0, 0.1) is 12.7 Å². The zero-order chi connectivity index (χ0) is 26.7. The van der Waals surface area contributed by atoms with E-state index in [1.807, 2.05) is 12.1 Å². The first-order valence-corrected chi connectivity index (χ1v) is 14.0. The lowest BCUT2D eigenvalue weighted by Crippen LogP contribution is -2.41. The number of rotatable bonds is 8. The molecule has 1 fully saturated rings. The largest absolute Gasteiger partial charge is 0.352 e. The molecule has 0 bridgehead atoms. The molecule has 38 heavy (non-hydrogen) atoms. The number of aromatic nitrogens is 5. The molecule has 5 heterocycles. The number of nitrogens with one attached hydrogen (secondary N) is 2. The lowest BCUT2D eigenvalue weighted by atomic mass is 10.2. The number of hydrogen-bond acceptors (Lipinski definition) is 9. The summed E-state index contributed by atoms with van der Waals surface area (Å²) in [5.41, 5.74) is 2.19. The summed E-state index contributed by atoms with van der Waals surface area (Å²) in [6.07, 6.45) is 5.51. The molecule has 1 aliphatic heterocycles. The van der Waals surface area contributed by atoms with Crippen molar-refractivity contribution in [1.29, 1.82) is 0 Å². The van der Waals surface area contributed by atoms with Crippen molar-refractivity contribution in [2.45, 2.75) is 13.3 Å². The van der Waals surface area contributed by atoms with Gasteiger partial charge in [-0.1, -0.05) is 0 Å². The van der Waals surface area contributed by atoms with Crippen molar-refractivity contribution < 1.29 is 17.6 Å². The number of halogens is 1. The Morgan fingerprint density at radius 3 is 2.74 bits per heavy atom. The van der Waals surface area contributed by atoms with Gasteiger partial charge < -0.3 is 15.5 Å². The zero-order valence-electron chi connectivity index (χ0n) is 20.8. The molecule has 0 aromatic carbocycles. The first-order chi connectivity index (χ1) is 18.3. The minimum atomic E-state index is -2.91. The Labute approximate surface area is 219 Å². The van der Waals surface area contributed by atoms with Crippen LogP contribution in [0.4, 0.5) is 15.9 Å². The van der Waals surface area contributed by atoms with Crippen LogP contribution in [0.3, 0.4) is 0 Å². The average Bonchev–Trinajstić information content (AvgIpc) is 3.38. The fraction of sp³-hybridized carbons (Fsp3) is 0.320. The van der Waals surface area contributed by atoms with Gasteiger partial charge in [-0.2, -0.15) is 0 Å². The Bertz CT molecular complexity index is 1580. The molecule has 198 valence electrons. The van der Waals surface area contributed by atoms with E-state index >= 15 is 0 Å². The zero-order valence-corrected chi connectivity index (χ0v) is 21.6. The van der Waals surface area contributed by atoms with Gasteiger partial charge in [0.2, 0.25) is 5.82 Å². The molecule has 13 heteroatoms. The number of aryl methyl sites for hydroxylation is 1. The number of pyridine rings is 2. The van der Waals surface area contributed by atoms with Gasteiger partial charge >= 0.3 is 0 Å². The van der Waals surface area contributed by atoms with E-state index in [0.717, 1.165) is 0 Å². The molecule has 4 aromatic heterocycles. The van der Waals surface area contributed by atoms with Gasteiger partial charge in [-0.25, -0.2) is 27.3 Å². The molecule has 1 amide bonds. The molecule has 1 saturated heterocycles.